The number of hydrogen-bond donors (Lipinski definition) is 2. The van der Waals surface area contributed by atoms with Gasteiger partial charge < -0.3 is 15.6 Å². The Labute approximate surface area is 92.6 Å². The van der Waals surface area contributed by atoms with Crippen molar-refractivity contribution in [3.8, 4) is 5.75 Å². The SMILES string of the molecule is COc1ccc(F)c(C(N)CCO)c1Cl. The number of benzene rings is 1. The van der Waals surface area contributed by atoms with E-state index in [9.17, 15) is 4.39 Å². The van der Waals surface area contributed by atoms with Crippen molar-refractivity contribution in [2.24, 2.45) is 5.73 Å². The molecule has 0 aliphatic carbocycles. The second kappa shape index (κ2) is 5.30. The van der Waals surface area contributed by atoms with Gasteiger partial charge in [0.25, 0.3) is 0 Å². The fraction of sp³-hybridized carbons (Fsp3) is 0.400. The molecule has 1 unspecified atom stereocenters. The molecule has 15 heavy (non-hydrogen) atoms. The molecular weight excluding hydrogens is 221 g/mol. The van der Waals surface area contributed by atoms with Gasteiger partial charge in [0.15, 0.2) is 0 Å². The molecule has 0 fully saturated rings. The highest BCUT2D eigenvalue weighted by Crippen LogP contribution is 2.34. The number of aliphatic hydroxyl groups is 1. The van der Waals surface area contributed by atoms with Crippen LogP contribution in [0.1, 0.15) is 18.0 Å². The van der Waals surface area contributed by atoms with E-state index in [2.05, 4.69) is 0 Å². The normalized spacial score (nSPS) is 12.6. The van der Waals surface area contributed by atoms with Gasteiger partial charge >= 0.3 is 0 Å². The highest BCUT2D eigenvalue weighted by atomic mass is 35.5. The van der Waals surface area contributed by atoms with Gasteiger partial charge in [0.05, 0.1) is 12.1 Å². The van der Waals surface area contributed by atoms with Crippen molar-refractivity contribution < 1.29 is 14.2 Å². The lowest BCUT2D eigenvalue weighted by Crippen LogP contribution is -2.14. The summed E-state index contributed by atoms with van der Waals surface area (Å²) in [6.07, 6.45) is 0.254. The Morgan fingerprint density at radius 3 is 2.80 bits per heavy atom. The zero-order chi connectivity index (χ0) is 11.4. The van der Waals surface area contributed by atoms with Crippen LogP contribution in [0.4, 0.5) is 4.39 Å². The number of nitrogens with two attached hydrogens (primary N) is 1. The third-order valence-electron chi connectivity index (χ3n) is 2.12. The van der Waals surface area contributed by atoms with Crippen LogP contribution in [-0.4, -0.2) is 18.8 Å². The van der Waals surface area contributed by atoms with Crippen LogP contribution in [0.3, 0.4) is 0 Å². The first kappa shape index (κ1) is 12.2. The van der Waals surface area contributed by atoms with Gasteiger partial charge in [0.2, 0.25) is 0 Å². The molecule has 0 spiro atoms. The standard InChI is InChI=1S/C10H13ClFNO2/c1-15-8-3-2-6(12)9(10(8)11)7(13)4-5-14/h2-3,7,14H,4-5,13H2,1H3. The Hall–Kier alpha value is -0.840. The van der Waals surface area contributed by atoms with Crippen LogP contribution in [0.15, 0.2) is 12.1 Å². The van der Waals surface area contributed by atoms with E-state index in [0.717, 1.165) is 0 Å². The lowest BCUT2D eigenvalue weighted by atomic mass is 10.0. The summed E-state index contributed by atoms with van der Waals surface area (Å²) >= 11 is 5.92. The molecule has 0 aliphatic heterocycles. The summed E-state index contributed by atoms with van der Waals surface area (Å²) in [6.45, 7) is -0.117. The summed E-state index contributed by atoms with van der Waals surface area (Å²) in [5.74, 6) is -0.108. The number of ether oxygens (including phenoxy) is 1. The average molecular weight is 234 g/mol. The lowest BCUT2D eigenvalue weighted by Gasteiger charge is -2.15. The Kier molecular flexibility index (Phi) is 4.32. The van der Waals surface area contributed by atoms with E-state index in [-0.39, 0.29) is 23.6 Å². The molecule has 0 aliphatic rings. The fourth-order valence-electron chi connectivity index (χ4n) is 1.33. The predicted molar refractivity (Wildman–Crippen MR) is 56.6 cm³/mol. The number of hydrogen-bond acceptors (Lipinski definition) is 3. The first-order valence-electron chi connectivity index (χ1n) is 4.50. The minimum atomic E-state index is -0.627. The van der Waals surface area contributed by atoms with E-state index >= 15 is 0 Å². The second-order valence-electron chi connectivity index (χ2n) is 3.10. The van der Waals surface area contributed by atoms with Crippen molar-refractivity contribution in [1.82, 2.24) is 0 Å². The molecule has 0 heterocycles. The summed E-state index contributed by atoms with van der Waals surface area (Å²) in [5.41, 5.74) is 5.88. The molecule has 3 N–H and O–H groups in total. The minimum absolute atomic E-state index is 0.117. The van der Waals surface area contributed by atoms with Gasteiger partial charge in [-0.25, -0.2) is 4.39 Å². The van der Waals surface area contributed by atoms with Gasteiger partial charge in [-0.2, -0.15) is 0 Å². The van der Waals surface area contributed by atoms with E-state index in [1.807, 2.05) is 0 Å². The first-order chi connectivity index (χ1) is 7.11. The monoisotopic (exact) mass is 233 g/mol. The van der Waals surface area contributed by atoms with Gasteiger partial charge in [0, 0.05) is 18.2 Å². The van der Waals surface area contributed by atoms with Crippen LogP contribution in [-0.2, 0) is 0 Å². The van der Waals surface area contributed by atoms with Crippen LogP contribution in [0, 0.1) is 5.82 Å². The van der Waals surface area contributed by atoms with E-state index < -0.39 is 11.9 Å². The molecular formula is C10H13ClFNO2. The number of methoxy groups -OCH3 is 1. The highest BCUT2D eigenvalue weighted by Gasteiger charge is 2.18. The van der Waals surface area contributed by atoms with Crippen molar-refractivity contribution in [3.05, 3.63) is 28.5 Å². The topological polar surface area (TPSA) is 55.5 Å². The van der Waals surface area contributed by atoms with Gasteiger partial charge in [-0.1, -0.05) is 11.6 Å². The quantitative estimate of drug-likeness (QED) is 0.835. The van der Waals surface area contributed by atoms with Crippen LogP contribution >= 0.6 is 11.6 Å². The van der Waals surface area contributed by atoms with Crippen LogP contribution < -0.4 is 10.5 Å². The maximum absolute atomic E-state index is 13.4. The molecule has 0 aromatic heterocycles. The predicted octanol–water partition coefficient (Wildman–Crippen LogP) is 1.87. The summed E-state index contributed by atoms with van der Waals surface area (Å²) < 4.78 is 18.4. The smallest absolute Gasteiger partial charge is 0.138 e. The van der Waals surface area contributed by atoms with Gasteiger partial charge in [-0.3, -0.25) is 0 Å². The van der Waals surface area contributed by atoms with E-state index in [0.29, 0.717) is 5.75 Å². The molecule has 1 aromatic rings. The third-order valence-corrected chi connectivity index (χ3v) is 2.51. The Balaban J connectivity index is 3.14. The molecule has 3 nitrogen and oxygen atoms in total. The molecule has 84 valence electrons. The summed E-state index contributed by atoms with van der Waals surface area (Å²) in [5, 5.41) is 8.89. The maximum atomic E-state index is 13.4. The van der Waals surface area contributed by atoms with E-state index in [4.69, 9.17) is 27.2 Å². The largest absolute Gasteiger partial charge is 0.495 e. The van der Waals surface area contributed by atoms with E-state index in [1.165, 1.54) is 19.2 Å². The van der Waals surface area contributed by atoms with Crippen LogP contribution in [0.5, 0.6) is 5.75 Å². The Morgan fingerprint density at radius 2 is 2.27 bits per heavy atom. The molecule has 0 saturated heterocycles. The molecule has 5 heteroatoms. The number of rotatable bonds is 4. The minimum Gasteiger partial charge on any atom is -0.495 e. The van der Waals surface area contributed by atoms with Crippen LogP contribution in [0.2, 0.25) is 5.02 Å². The van der Waals surface area contributed by atoms with Gasteiger partial charge in [-0.15, -0.1) is 0 Å². The molecule has 0 bridgehead atoms. The molecule has 0 amide bonds. The average Bonchev–Trinajstić information content (AvgIpc) is 2.18. The van der Waals surface area contributed by atoms with Crippen molar-refractivity contribution in [1.29, 1.82) is 0 Å². The summed E-state index contributed by atoms with van der Waals surface area (Å²) in [4.78, 5) is 0. The second-order valence-corrected chi connectivity index (χ2v) is 3.47. The molecule has 1 atom stereocenters. The lowest BCUT2D eigenvalue weighted by molar-refractivity contribution is 0.275. The number of aliphatic hydroxyl groups excluding tert-OH is 1. The number of halogens is 2. The Bertz CT molecular complexity index is 346. The molecule has 0 saturated carbocycles. The van der Waals surface area contributed by atoms with Crippen molar-refractivity contribution in [2.45, 2.75) is 12.5 Å². The van der Waals surface area contributed by atoms with Gasteiger partial charge in [0.1, 0.15) is 11.6 Å². The zero-order valence-electron chi connectivity index (χ0n) is 8.34. The fourth-order valence-corrected chi connectivity index (χ4v) is 1.70. The third kappa shape index (κ3) is 2.59. The van der Waals surface area contributed by atoms with Crippen molar-refractivity contribution in [3.63, 3.8) is 0 Å². The van der Waals surface area contributed by atoms with Crippen molar-refractivity contribution in [2.75, 3.05) is 13.7 Å². The Morgan fingerprint density at radius 1 is 1.60 bits per heavy atom. The highest BCUT2D eigenvalue weighted by molar-refractivity contribution is 6.32. The molecule has 1 aromatic carbocycles. The van der Waals surface area contributed by atoms with Gasteiger partial charge in [-0.05, 0) is 18.6 Å². The maximum Gasteiger partial charge on any atom is 0.138 e. The van der Waals surface area contributed by atoms with Crippen molar-refractivity contribution >= 4 is 11.6 Å². The molecule has 0 radical (unpaired) electrons. The first-order valence-corrected chi connectivity index (χ1v) is 4.88. The molecule has 1 rings (SSSR count). The van der Waals surface area contributed by atoms with Crippen LogP contribution in [0.25, 0.3) is 0 Å². The zero-order valence-corrected chi connectivity index (χ0v) is 9.09. The van der Waals surface area contributed by atoms with E-state index in [1.54, 1.807) is 0 Å². The summed E-state index contributed by atoms with van der Waals surface area (Å²) in [6, 6.07) is 2.06. The summed E-state index contributed by atoms with van der Waals surface area (Å²) in [7, 11) is 1.44.